The summed E-state index contributed by atoms with van der Waals surface area (Å²) in [6, 6.07) is 17.2. The first kappa shape index (κ1) is 16.4. The van der Waals surface area contributed by atoms with Crippen LogP contribution in [0.4, 0.5) is 4.79 Å². The lowest BCUT2D eigenvalue weighted by molar-refractivity contribution is -0.00996. The molecule has 2 saturated heterocycles. The molecule has 2 aliphatic heterocycles. The van der Waals surface area contributed by atoms with Crippen LogP contribution in [0.1, 0.15) is 37.0 Å². The molecule has 25 heavy (non-hydrogen) atoms. The molecule has 2 bridgehead atoms. The Balaban J connectivity index is 1.45. The molecule has 130 valence electrons. The second-order valence-electron chi connectivity index (χ2n) is 7.20. The second-order valence-corrected chi connectivity index (χ2v) is 7.63. The topological polar surface area (TPSA) is 47.6 Å². The molecule has 5 rings (SSSR count). The van der Waals surface area contributed by atoms with Crippen LogP contribution in [-0.2, 0) is 16.1 Å². The van der Waals surface area contributed by atoms with Crippen LogP contribution in [0.25, 0.3) is 0 Å². The van der Waals surface area contributed by atoms with Crippen molar-refractivity contribution in [2.45, 2.75) is 43.6 Å². The third-order valence-electron chi connectivity index (χ3n) is 5.02. The van der Waals surface area contributed by atoms with Gasteiger partial charge in [-0.1, -0.05) is 54.1 Å². The molecule has 0 aromatic heterocycles. The zero-order valence-electron chi connectivity index (χ0n) is 14.0. The van der Waals surface area contributed by atoms with E-state index in [0.717, 1.165) is 24.0 Å². The van der Waals surface area contributed by atoms with Gasteiger partial charge < -0.3 is 14.8 Å². The lowest BCUT2D eigenvalue weighted by Gasteiger charge is -2.43. The fourth-order valence-electron chi connectivity index (χ4n) is 4.09. The van der Waals surface area contributed by atoms with E-state index in [1.54, 1.807) is 0 Å². The summed E-state index contributed by atoms with van der Waals surface area (Å²) < 4.78 is 11.6. The molecule has 1 aliphatic carbocycles. The van der Waals surface area contributed by atoms with Crippen LogP contribution in [0, 0.1) is 0 Å². The van der Waals surface area contributed by atoms with Crippen LogP contribution in [0.5, 0.6) is 0 Å². The quantitative estimate of drug-likeness (QED) is 0.867. The summed E-state index contributed by atoms with van der Waals surface area (Å²) in [5.74, 6) is 0. The molecule has 0 radical (unpaired) electrons. The number of carbonyl (C=O) groups is 1. The van der Waals surface area contributed by atoms with Crippen LogP contribution in [0.2, 0.25) is 5.02 Å². The van der Waals surface area contributed by atoms with Crippen LogP contribution in [-0.4, -0.2) is 17.2 Å². The summed E-state index contributed by atoms with van der Waals surface area (Å²) >= 11 is 5.98. The van der Waals surface area contributed by atoms with Crippen LogP contribution in [0.15, 0.2) is 54.6 Å². The normalized spacial score (nSPS) is 29.8. The van der Waals surface area contributed by atoms with Gasteiger partial charge in [0.15, 0.2) is 0 Å². The van der Waals surface area contributed by atoms with Crippen molar-refractivity contribution in [1.29, 1.82) is 0 Å². The highest BCUT2D eigenvalue weighted by Crippen LogP contribution is 2.61. The van der Waals surface area contributed by atoms with E-state index in [2.05, 4.69) is 12.2 Å². The maximum Gasteiger partial charge on any atom is 0.408 e. The number of benzene rings is 2. The molecule has 0 spiro atoms. The summed E-state index contributed by atoms with van der Waals surface area (Å²) in [5.41, 5.74) is 1.40. The minimum atomic E-state index is -0.407. The number of ether oxygens (including phenoxy) is 2. The Hall–Kier alpha value is -2.04. The van der Waals surface area contributed by atoms with Gasteiger partial charge in [0.25, 0.3) is 0 Å². The van der Waals surface area contributed by atoms with Gasteiger partial charge >= 0.3 is 6.09 Å². The van der Waals surface area contributed by atoms with Crippen molar-refractivity contribution in [2.75, 3.05) is 0 Å². The van der Waals surface area contributed by atoms with Gasteiger partial charge in [0.2, 0.25) is 0 Å². The number of rotatable bonds is 4. The summed E-state index contributed by atoms with van der Waals surface area (Å²) in [4.78, 5) is 12.3. The highest BCUT2D eigenvalue weighted by atomic mass is 35.5. The van der Waals surface area contributed by atoms with Crippen LogP contribution < -0.4 is 5.32 Å². The minimum Gasteiger partial charge on any atom is -0.445 e. The number of hydrogen-bond acceptors (Lipinski definition) is 3. The average molecular weight is 358 g/mol. The summed E-state index contributed by atoms with van der Waals surface area (Å²) in [7, 11) is 0. The predicted molar refractivity (Wildman–Crippen MR) is 95.4 cm³/mol. The molecule has 2 aromatic carbocycles. The van der Waals surface area contributed by atoms with Crippen LogP contribution in [0.3, 0.4) is 0 Å². The van der Waals surface area contributed by atoms with E-state index in [1.807, 2.05) is 54.6 Å². The molecule has 1 atom stereocenters. The first-order chi connectivity index (χ1) is 12.0. The molecule has 1 unspecified atom stereocenters. The zero-order chi connectivity index (χ0) is 17.5. The maximum absolute atomic E-state index is 12.3. The SMILES string of the molecule is CC12CC(NC(=O)OCc3ccccc3)(C1)C(c1ccc(Cl)cc1)O2. The fraction of sp³-hybridized carbons (Fsp3) is 0.350. The van der Waals surface area contributed by atoms with Gasteiger partial charge in [-0.3, -0.25) is 0 Å². The lowest BCUT2D eigenvalue weighted by Crippen LogP contribution is -2.59. The zero-order valence-corrected chi connectivity index (χ0v) is 14.8. The van der Waals surface area contributed by atoms with Crippen molar-refractivity contribution in [1.82, 2.24) is 5.32 Å². The Morgan fingerprint density at radius 3 is 2.56 bits per heavy atom. The van der Waals surface area contributed by atoms with Gasteiger partial charge in [-0.05, 0) is 30.2 Å². The Morgan fingerprint density at radius 1 is 1.20 bits per heavy atom. The van der Waals surface area contributed by atoms with Gasteiger partial charge in [-0.2, -0.15) is 0 Å². The van der Waals surface area contributed by atoms with E-state index < -0.39 is 11.6 Å². The number of hydrogen-bond donors (Lipinski definition) is 1. The van der Waals surface area contributed by atoms with Gasteiger partial charge in [0, 0.05) is 17.9 Å². The van der Waals surface area contributed by atoms with E-state index in [0.29, 0.717) is 5.02 Å². The smallest absolute Gasteiger partial charge is 0.408 e. The number of nitrogens with one attached hydrogen (secondary N) is 1. The third kappa shape index (κ3) is 3.12. The Morgan fingerprint density at radius 2 is 1.88 bits per heavy atom. The molecule has 2 aromatic rings. The predicted octanol–water partition coefficient (Wildman–Crippen LogP) is 4.63. The van der Waals surface area contributed by atoms with E-state index in [-0.39, 0.29) is 18.3 Å². The standard InChI is InChI=1S/C20H20ClNO3/c1-19-12-20(13-19,17(25-19)15-7-9-16(21)10-8-15)22-18(23)24-11-14-5-3-2-4-6-14/h2-10,17H,11-13H2,1H3,(H,22,23). The molecular weight excluding hydrogens is 338 g/mol. The first-order valence-corrected chi connectivity index (χ1v) is 8.78. The van der Waals surface area contributed by atoms with Crippen LogP contribution >= 0.6 is 11.6 Å². The summed E-state index contributed by atoms with van der Waals surface area (Å²) in [5, 5.41) is 3.75. The van der Waals surface area contributed by atoms with E-state index in [4.69, 9.17) is 21.1 Å². The average Bonchev–Trinajstić information content (AvgIpc) is 3.02. The number of amides is 1. The van der Waals surface area contributed by atoms with Gasteiger partial charge in [0.05, 0.1) is 11.1 Å². The van der Waals surface area contributed by atoms with E-state index in [1.165, 1.54) is 0 Å². The maximum atomic E-state index is 12.3. The largest absolute Gasteiger partial charge is 0.445 e. The molecular formula is C20H20ClNO3. The minimum absolute atomic E-state index is 0.181. The number of alkyl carbamates (subject to hydrolysis) is 1. The van der Waals surface area contributed by atoms with Gasteiger partial charge in [-0.15, -0.1) is 0 Å². The van der Waals surface area contributed by atoms with E-state index >= 15 is 0 Å². The van der Waals surface area contributed by atoms with Crippen molar-refractivity contribution < 1.29 is 14.3 Å². The number of fused-ring (bicyclic) bond motifs is 1. The van der Waals surface area contributed by atoms with Gasteiger partial charge in [-0.25, -0.2) is 4.79 Å². The molecule has 4 nitrogen and oxygen atoms in total. The molecule has 1 N–H and O–H groups in total. The molecule has 3 fully saturated rings. The Labute approximate surface area is 152 Å². The van der Waals surface area contributed by atoms with Crippen molar-refractivity contribution in [3.63, 3.8) is 0 Å². The Kier molecular flexibility index (Phi) is 3.97. The number of carbonyl (C=O) groups excluding carboxylic acids is 1. The van der Waals surface area contributed by atoms with Crippen molar-refractivity contribution in [2.24, 2.45) is 0 Å². The van der Waals surface area contributed by atoms with Gasteiger partial charge in [0.1, 0.15) is 12.7 Å². The second kappa shape index (κ2) is 6.04. The summed E-state index contributed by atoms with van der Waals surface area (Å²) in [6.07, 6.45) is 0.982. The molecule has 1 saturated carbocycles. The monoisotopic (exact) mass is 357 g/mol. The third-order valence-corrected chi connectivity index (χ3v) is 5.27. The molecule has 3 aliphatic rings. The molecule has 1 amide bonds. The summed E-state index contributed by atoms with van der Waals surface area (Å²) in [6.45, 7) is 2.34. The lowest BCUT2D eigenvalue weighted by atomic mass is 9.66. The van der Waals surface area contributed by atoms with E-state index in [9.17, 15) is 4.79 Å². The highest BCUT2D eigenvalue weighted by Gasteiger charge is 2.66. The Bertz CT molecular complexity index is 769. The van der Waals surface area contributed by atoms with Crippen molar-refractivity contribution >= 4 is 17.7 Å². The van der Waals surface area contributed by atoms with Crippen molar-refractivity contribution in [3.05, 3.63) is 70.7 Å². The fourth-order valence-corrected chi connectivity index (χ4v) is 4.22. The first-order valence-electron chi connectivity index (χ1n) is 8.40. The molecule has 2 heterocycles. The van der Waals surface area contributed by atoms with Crippen molar-refractivity contribution in [3.8, 4) is 0 Å². The molecule has 5 heteroatoms. The highest BCUT2D eigenvalue weighted by molar-refractivity contribution is 6.30. The number of halogens is 1.